The molecule has 0 bridgehead atoms. The van der Waals surface area contributed by atoms with Crippen LogP contribution >= 0.6 is 0 Å². The van der Waals surface area contributed by atoms with Gasteiger partial charge in [-0.25, -0.2) is 13.1 Å². The Bertz CT molecular complexity index is 777. The fourth-order valence-corrected chi connectivity index (χ4v) is 3.11. The van der Waals surface area contributed by atoms with Crippen molar-refractivity contribution in [1.82, 2.24) is 15.0 Å². The van der Waals surface area contributed by atoms with E-state index in [0.717, 1.165) is 18.4 Å². The second-order valence-electron chi connectivity index (χ2n) is 5.32. The zero-order chi connectivity index (χ0) is 17.4. The molecule has 0 fully saturated rings. The molecule has 0 aliphatic rings. The van der Waals surface area contributed by atoms with Crippen LogP contribution in [0.25, 0.3) is 0 Å². The molecule has 0 saturated carbocycles. The molecule has 1 amide bonds. The summed E-state index contributed by atoms with van der Waals surface area (Å²) in [6.45, 7) is 2.75. The Hall–Kier alpha value is -2.25. The van der Waals surface area contributed by atoms with Gasteiger partial charge in [0.2, 0.25) is 10.0 Å². The molecule has 0 spiro atoms. The molecular formula is C17H21N3O3S. The molecule has 128 valence electrons. The molecule has 2 rings (SSSR count). The molecule has 1 aromatic carbocycles. The third-order valence-corrected chi connectivity index (χ3v) is 4.81. The fraction of sp³-hybridized carbons (Fsp3) is 0.294. The molecule has 6 nitrogen and oxygen atoms in total. The molecule has 0 saturated heterocycles. The summed E-state index contributed by atoms with van der Waals surface area (Å²) >= 11 is 0. The monoisotopic (exact) mass is 347 g/mol. The number of hydrogen-bond acceptors (Lipinski definition) is 4. The van der Waals surface area contributed by atoms with Gasteiger partial charge in [-0.1, -0.05) is 25.5 Å². The molecule has 0 unspecified atom stereocenters. The minimum absolute atomic E-state index is 0.0644. The van der Waals surface area contributed by atoms with E-state index in [9.17, 15) is 13.2 Å². The molecule has 0 aliphatic carbocycles. The first-order valence-electron chi connectivity index (χ1n) is 7.80. The number of carbonyl (C=O) groups excluding carboxylic acids is 1. The number of hydrogen-bond donors (Lipinski definition) is 2. The third-order valence-electron chi connectivity index (χ3n) is 3.41. The lowest BCUT2D eigenvalue weighted by molar-refractivity contribution is 0.0953. The van der Waals surface area contributed by atoms with E-state index in [1.54, 1.807) is 36.7 Å². The van der Waals surface area contributed by atoms with E-state index in [1.165, 1.54) is 12.1 Å². The van der Waals surface area contributed by atoms with Gasteiger partial charge >= 0.3 is 0 Å². The van der Waals surface area contributed by atoms with Crippen LogP contribution in [-0.2, 0) is 16.6 Å². The van der Waals surface area contributed by atoms with Gasteiger partial charge in [0.05, 0.1) is 4.90 Å². The van der Waals surface area contributed by atoms with Crippen LogP contribution in [0.5, 0.6) is 0 Å². The topological polar surface area (TPSA) is 88.2 Å². The van der Waals surface area contributed by atoms with Gasteiger partial charge in [0.15, 0.2) is 0 Å². The van der Waals surface area contributed by atoms with Crippen molar-refractivity contribution in [1.29, 1.82) is 0 Å². The highest BCUT2D eigenvalue weighted by atomic mass is 32.2. The molecule has 2 aromatic rings. The highest BCUT2D eigenvalue weighted by molar-refractivity contribution is 7.89. The molecule has 2 N–H and O–H groups in total. The van der Waals surface area contributed by atoms with Crippen LogP contribution in [0.1, 0.15) is 35.7 Å². The predicted molar refractivity (Wildman–Crippen MR) is 91.9 cm³/mol. The summed E-state index contributed by atoms with van der Waals surface area (Å²) in [4.78, 5) is 16.1. The van der Waals surface area contributed by atoms with Crippen molar-refractivity contribution < 1.29 is 13.2 Å². The second kappa shape index (κ2) is 8.56. The first kappa shape index (κ1) is 18.1. The lowest BCUT2D eigenvalue weighted by Crippen LogP contribution is -2.26. The predicted octanol–water partition coefficient (Wildman–Crippen LogP) is 2.09. The number of rotatable bonds is 8. The van der Waals surface area contributed by atoms with Crippen molar-refractivity contribution in [3.05, 3.63) is 59.9 Å². The molecule has 1 aromatic heterocycles. The van der Waals surface area contributed by atoms with Crippen molar-refractivity contribution in [3.63, 3.8) is 0 Å². The number of unbranched alkanes of at least 4 members (excludes halogenated alkanes) is 1. The van der Waals surface area contributed by atoms with E-state index >= 15 is 0 Å². The first-order valence-corrected chi connectivity index (χ1v) is 9.28. The molecule has 0 aliphatic heterocycles. The Morgan fingerprint density at radius 2 is 2.04 bits per heavy atom. The summed E-state index contributed by atoms with van der Waals surface area (Å²) in [5.74, 6) is -0.271. The maximum atomic E-state index is 12.4. The Morgan fingerprint density at radius 3 is 2.75 bits per heavy atom. The average molecular weight is 347 g/mol. The van der Waals surface area contributed by atoms with Gasteiger partial charge in [-0.2, -0.15) is 0 Å². The van der Waals surface area contributed by atoms with Crippen molar-refractivity contribution in [3.8, 4) is 0 Å². The van der Waals surface area contributed by atoms with Gasteiger partial charge in [0.1, 0.15) is 0 Å². The van der Waals surface area contributed by atoms with Crippen LogP contribution in [0.4, 0.5) is 0 Å². The lowest BCUT2D eigenvalue weighted by atomic mass is 10.2. The average Bonchev–Trinajstić information content (AvgIpc) is 2.61. The van der Waals surface area contributed by atoms with E-state index in [1.807, 2.05) is 6.92 Å². The highest BCUT2D eigenvalue weighted by Gasteiger charge is 2.16. The molecule has 7 heteroatoms. The second-order valence-corrected chi connectivity index (χ2v) is 7.09. The molecule has 0 atom stereocenters. The number of carbonyl (C=O) groups is 1. The number of amides is 1. The smallest absolute Gasteiger partial charge is 0.251 e. The number of pyridine rings is 1. The third kappa shape index (κ3) is 5.14. The van der Waals surface area contributed by atoms with Crippen molar-refractivity contribution in [2.24, 2.45) is 0 Å². The van der Waals surface area contributed by atoms with Crippen molar-refractivity contribution >= 4 is 15.9 Å². The van der Waals surface area contributed by atoms with E-state index in [4.69, 9.17) is 0 Å². The van der Waals surface area contributed by atoms with Crippen LogP contribution in [0.2, 0.25) is 0 Å². The van der Waals surface area contributed by atoms with E-state index in [-0.39, 0.29) is 17.3 Å². The lowest BCUT2D eigenvalue weighted by Gasteiger charge is -2.09. The summed E-state index contributed by atoms with van der Waals surface area (Å²) in [6, 6.07) is 9.54. The summed E-state index contributed by atoms with van der Waals surface area (Å²) in [5.41, 5.74) is 1.09. The zero-order valence-corrected chi connectivity index (χ0v) is 14.3. The minimum Gasteiger partial charge on any atom is -0.352 e. The maximum absolute atomic E-state index is 12.4. The van der Waals surface area contributed by atoms with Gasteiger partial charge in [0.25, 0.3) is 5.91 Å². The number of nitrogens with zero attached hydrogens (tertiary/aromatic N) is 1. The number of sulfonamides is 1. The molecule has 24 heavy (non-hydrogen) atoms. The maximum Gasteiger partial charge on any atom is 0.251 e. The van der Waals surface area contributed by atoms with Crippen LogP contribution in [0, 0.1) is 0 Å². The normalized spacial score (nSPS) is 11.2. The minimum atomic E-state index is -3.70. The highest BCUT2D eigenvalue weighted by Crippen LogP contribution is 2.12. The number of aromatic nitrogens is 1. The van der Waals surface area contributed by atoms with E-state index < -0.39 is 10.0 Å². The van der Waals surface area contributed by atoms with Gasteiger partial charge in [-0.05, 0) is 36.2 Å². The molecular weight excluding hydrogens is 326 g/mol. The van der Waals surface area contributed by atoms with Gasteiger partial charge in [-0.15, -0.1) is 0 Å². The van der Waals surface area contributed by atoms with Gasteiger partial charge in [0, 0.05) is 31.0 Å². The van der Waals surface area contributed by atoms with Gasteiger partial charge in [-0.3, -0.25) is 9.78 Å². The fourth-order valence-electron chi connectivity index (χ4n) is 2.05. The van der Waals surface area contributed by atoms with Crippen LogP contribution in [0.15, 0.2) is 53.7 Å². The first-order chi connectivity index (χ1) is 11.5. The van der Waals surface area contributed by atoms with Crippen molar-refractivity contribution in [2.75, 3.05) is 6.54 Å². The largest absolute Gasteiger partial charge is 0.352 e. The Morgan fingerprint density at radius 1 is 1.21 bits per heavy atom. The van der Waals surface area contributed by atoms with E-state index in [2.05, 4.69) is 15.0 Å². The number of nitrogens with one attached hydrogen (secondary N) is 2. The standard InChI is InChI=1S/C17H21N3O3S/c1-2-3-10-19-17(21)15-7-4-8-16(11-15)24(22,23)20-13-14-6-5-9-18-12-14/h4-9,11-12,20H,2-3,10,13H2,1H3,(H,19,21). The Labute approximate surface area is 142 Å². The summed E-state index contributed by atoms with van der Waals surface area (Å²) in [7, 11) is -3.70. The quantitative estimate of drug-likeness (QED) is 0.716. The van der Waals surface area contributed by atoms with Crippen LogP contribution < -0.4 is 10.0 Å². The zero-order valence-electron chi connectivity index (χ0n) is 13.5. The Balaban J connectivity index is 2.07. The number of benzene rings is 1. The summed E-state index contributed by atoms with van der Waals surface area (Å²) < 4.78 is 27.3. The SMILES string of the molecule is CCCCNC(=O)c1cccc(S(=O)(=O)NCc2cccnc2)c1. The Kier molecular flexibility index (Phi) is 6.45. The molecule has 0 radical (unpaired) electrons. The van der Waals surface area contributed by atoms with Crippen LogP contribution in [0.3, 0.4) is 0 Å². The van der Waals surface area contributed by atoms with Crippen LogP contribution in [-0.4, -0.2) is 25.9 Å². The summed E-state index contributed by atoms with van der Waals surface area (Å²) in [6.07, 6.45) is 5.09. The van der Waals surface area contributed by atoms with Gasteiger partial charge < -0.3 is 5.32 Å². The van der Waals surface area contributed by atoms with Crippen molar-refractivity contribution in [2.45, 2.75) is 31.2 Å². The van der Waals surface area contributed by atoms with E-state index in [0.29, 0.717) is 12.1 Å². The summed E-state index contributed by atoms with van der Waals surface area (Å²) in [5, 5.41) is 2.77. The molecule has 1 heterocycles.